The minimum Gasteiger partial charge on any atom is -0.497 e. The third kappa shape index (κ3) is 5.44. The molecule has 0 unspecified atom stereocenters. The number of nitrogens with one attached hydrogen (secondary N) is 1. The number of carbonyl (C=O) groups excluding carboxylic acids is 2. The summed E-state index contributed by atoms with van der Waals surface area (Å²) in [6.07, 6.45) is 0. The van der Waals surface area contributed by atoms with Crippen molar-refractivity contribution < 1.29 is 28.2 Å². The van der Waals surface area contributed by atoms with E-state index in [2.05, 4.69) is 15.5 Å². The molecular weight excluding hydrogens is 354 g/mol. The lowest BCUT2D eigenvalue weighted by atomic mass is 10.0. The first kappa shape index (κ1) is 20.2. The zero-order chi connectivity index (χ0) is 20.0. The molecule has 1 aromatic carbocycles. The van der Waals surface area contributed by atoms with Crippen molar-refractivity contribution in [3.63, 3.8) is 0 Å². The van der Waals surface area contributed by atoms with E-state index in [9.17, 15) is 9.59 Å². The van der Waals surface area contributed by atoms with Crippen molar-refractivity contribution in [1.82, 2.24) is 15.5 Å². The van der Waals surface area contributed by atoms with Crippen LogP contribution in [0.2, 0.25) is 0 Å². The highest BCUT2D eigenvalue weighted by Crippen LogP contribution is 2.22. The van der Waals surface area contributed by atoms with Crippen molar-refractivity contribution in [2.24, 2.45) is 5.92 Å². The summed E-state index contributed by atoms with van der Waals surface area (Å²) in [5.74, 6) is 0.262. The molecule has 1 N–H and O–H groups in total. The number of nitrogens with zero attached hydrogens (tertiary/aromatic N) is 2. The molecule has 0 fully saturated rings. The number of amides is 1. The number of rotatable bonds is 8. The highest BCUT2D eigenvalue weighted by Gasteiger charge is 2.27. The summed E-state index contributed by atoms with van der Waals surface area (Å²) in [6.45, 7) is 5.08. The van der Waals surface area contributed by atoms with Gasteiger partial charge in [-0.3, -0.25) is 4.79 Å². The predicted molar refractivity (Wildman–Crippen MR) is 94.5 cm³/mol. The highest BCUT2D eigenvalue weighted by atomic mass is 16.5. The summed E-state index contributed by atoms with van der Waals surface area (Å²) in [7, 11) is 2.98. The van der Waals surface area contributed by atoms with E-state index in [1.807, 2.05) is 0 Å². The van der Waals surface area contributed by atoms with E-state index in [0.29, 0.717) is 23.0 Å². The van der Waals surface area contributed by atoms with Crippen LogP contribution < -0.4 is 14.8 Å². The van der Waals surface area contributed by atoms with Crippen molar-refractivity contribution >= 4 is 11.9 Å². The second kappa shape index (κ2) is 9.02. The summed E-state index contributed by atoms with van der Waals surface area (Å²) >= 11 is 0. The number of hydrogen-bond acceptors (Lipinski definition) is 8. The normalized spacial score (nSPS) is 11.8. The van der Waals surface area contributed by atoms with Crippen molar-refractivity contribution in [3.05, 3.63) is 35.5 Å². The van der Waals surface area contributed by atoms with Crippen molar-refractivity contribution in [1.29, 1.82) is 0 Å². The maximum Gasteiger partial charge on any atom is 0.329 e. The Bertz CT molecular complexity index is 780. The number of aryl methyl sites for hydroxylation is 1. The van der Waals surface area contributed by atoms with Crippen LogP contribution in [0.5, 0.6) is 11.5 Å². The van der Waals surface area contributed by atoms with E-state index in [1.165, 1.54) is 14.2 Å². The van der Waals surface area contributed by atoms with Crippen LogP contribution in [0.1, 0.15) is 36.0 Å². The zero-order valence-electron chi connectivity index (χ0n) is 15.9. The van der Waals surface area contributed by atoms with Crippen LogP contribution in [0.15, 0.2) is 22.6 Å². The van der Waals surface area contributed by atoms with E-state index in [0.717, 1.165) is 0 Å². The molecule has 1 atom stereocenters. The zero-order valence-corrected chi connectivity index (χ0v) is 15.9. The first-order valence-electron chi connectivity index (χ1n) is 8.33. The molecule has 1 aromatic heterocycles. The van der Waals surface area contributed by atoms with E-state index < -0.39 is 17.9 Å². The fraction of sp³-hybridized carbons (Fsp3) is 0.444. The lowest BCUT2D eigenvalue weighted by molar-refractivity contribution is -0.149. The lowest BCUT2D eigenvalue weighted by Gasteiger charge is -2.20. The van der Waals surface area contributed by atoms with Gasteiger partial charge in [0.2, 0.25) is 5.89 Å². The van der Waals surface area contributed by atoms with Gasteiger partial charge in [0.15, 0.2) is 6.61 Å². The van der Waals surface area contributed by atoms with Crippen LogP contribution in [0, 0.1) is 12.8 Å². The summed E-state index contributed by atoms with van der Waals surface area (Å²) in [5.41, 5.74) is 0.303. The van der Waals surface area contributed by atoms with Crippen LogP contribution in [-0.2, 0) is 16.1 Å². The molecule has 0 aliphatic rings. The Morgan fingerprint density at radius 1 is 1.11 bits per heavy atom. The summed E-state index contributed by atoms with van der Waals surface area (Å²) in [5, 5.41) is 10.1. The van der Waals surface area contributed by atoms with E-state index in [1.54, 1.807) is 39.0 Å². The van der Waals surface area contributed by atoms with Crippen LogP contribution in [0.4, 0.5) is 0 Å². The molecule has 2 rings (SSSR count). The molecule has 9 heteroatoms. The molecule has 146 valence electrons. The number of hydrogen-bond donors (Lipinski definition) is 1. The third-order valence-corrected chi connectivity index (χ3v) is 3.73. The average molecular weight is 377 g/mol. The van der Waals surface area contributed by atoms with Crippen LogP contribution >= 0.6 is 0 Å². The number of carbonyl (C=O) groups is 2. The van der Waals surface area contributed by atoms with Gasteiger partial charge in [-0.15, -0.1) is 10.2 Å². The SMILES string of the molecule is COc1cc(OC)cc(C(=O)N[C@H](C(=O)OCc2nnc(C)o2)C(C)C)c1. The standard InChI is InChI=1S/C18H23N3O6/c1-10(2)16(18(23)26-9-15-21-20-11(3)27-15)19-17(22)12-6-13(24-4)8-14(7-12)25-5/h6-8,10,16H,9H2,1-5H3,(H,19,22)/t16-/m0/s1. The number of esters is 1. The van der Waals surface area contributed by atoms with Gasteiger partial charge in [-0.1, -0.05) is 13.8 Å². The smallest absolute Gasteiger partial charge is 0.329 e. The molecular formula is C18H23N3O6. The van der Waals surface area contributed by atoms with Gasteiger partial charge in [-0.25, -0.2) is 4.79 Å². The summed E-state index contributed by atoms with van der Waals surface area (Å²) < 4.78 is 20.7. The Morgan fingerprint density at radius 3 is 2.22 bits per heavy atom. The fourth-order valence-electron chi connectivity index (χ4n) is 2.28. The lowest BCUT2D eigenvalue weighted by Crippen LogP contribution is -2.45. The second-order valence-electron chi connectivity index (χ2n) is 6.12. The number of benzene rings is 1. The average Bonchev–Trinajstić information content (AvgIpc) is 3.08. The Balaban J connectivity index is 2.08. The first-order valence-corrected chi connectivity index (χ1v) is 8.33. The quantitative estimate of drug-likeness (QED) is 0.694. The molecule has 27 heavy (non-hydrogen) atoms. The van der Waals surface area contributed by atoms with E-state index in [4.69, 9.17) is 18.6 Å². The molecule has 0 aliphatic carbocycles. The first-order chi connectivity index (χ1) is 12.8. The second-order valence-corrected chi connectivity index (χ2v) is 6.12. The fourth-order valence-corrected chi connectivity index (χ4v) is 2.28. The molecule has 9 nitrogen and oxygen atoms in total. The summed E-state index contributed by atoms with van der Waals surface area (Å²) in [4.78, 5) is 25.0. The minimum absolute atomic E-state index is 0.161. The minimum atomic E-state index is -0.848. The molecule has 1 heterocycles. The molecule has 1 amide bonds. The Hall–Kier alpha value is -3.10. The number of aromatic nitrogens is 2. The third-order valence-electron chi connectivity index (χ3n) is 3.73. The van der Waals surface area contributed by atoms with Gasteiger partial charge in [0.25, 0.3) is 11.8 Å². The Morgan fingerprint density at radius 2 is 1.74 bits per heavy atom. The van der Waals surface area contributed by atoms with Crippen LogP contribution in [0.25, 0.3) is 0 Å². The molecule has 2 aromatic rings. The Kier molecular flexibility index (Phi) is 6.75. The molecule has 0 aliphatic heterocycles. The number of ether oxygens (including phenoxy) is 3. The van der Waals surface area contributed by atoms with Gasteiger partial charge in [0.1, 0.15) is 17.5 Å². The van der Waals surface area contributed by atoms with E-state index in [-0.39, 0.29) is 18.4 Å². The topological polar surface area (TPSA) is 113 Å². The molecule has 0 saturated carbocycles. The highest BCUT2D eigenvalue weighted by molar-refractivity contribution is 5.97. The predicted octanol–water partition coefficient (Wildman–Crippen LogP) is 1.89. The molecule has 0 spiro atoms. The monoisotopic (exact) mass is 377 g/mol. The van der Waals surface area contributed by atoms with Gasteiger partial charge in [-0.2, -0.15) is 0 Å². The largest absolute Gasteiger partial charge is 0.497 e. The van der Waals surface area contributed by atoms with Crippen LogP contribution in [0.3, 0.4) is 0 Å². The van der Waals surface area contributed by atoms with Crippen molar-refractivity contribution in [2.75, 3.05) is 14.2 Å². The van der Waals surface area contributed by atoms with Gasteiger partial charge in [0, 0.05) is 18.6 Å². The van der Waals surface area contributed by atoms with Gasteiger partial charge in [0.05, 0.1) is 14.2 Å². The Labute approximate surface area is 157 Å². The van der Waals surface area contributed by atoms with Gasteiger partial charge >= 0.3 is 5.97 Å². The van der Waals surface area contributed by atoms with Gasteiger partial charge < -0.3 is 23.9 Å². The maximum atomic E-state index is 12.6. The van der Waals surface area contributed by atoms with Crippen molar-refractivity contribution in [3.8, 4) is 11.5 Å². The molecule has 0 saturated heterocycles. The van der Waals surface area contributed by atoms with E-state index >= 15 is 0 Å². The maximum absolute atomic E-state index is 12.6. The van der Waals surface area contributed by atoms with Gasteiger partial charge in [-0.05, 0) is 18.1 Å². The molecule has 0 radical (unpaired) electrons. The molecule has 0 bridgehead atoms. The number of methoxy groups -OCH3 is 2. The van der Waals surface area contributed by atoms with Crippen LogP contribution in [-0.4, -0.2) is 42.3 Å². The summed E-state index contributed by atoms with van der Waals surface area (Å²) in [6, 6.07) is 3.92. The van der Waals surface area contributed by atoms with Crippen molar-refractivity contribution in [2.45, 2.75) is 33.4 Å².